The van der Waals surface area contributed by atoms with Crippen LogP contribution in [0.3, 0.4) is 0 Å². The fourth-order valence-electron chi connectivity index (χ4n) is 2.51. The maximum atomic E-state index is 11.6. The Kier molecular flexibility index (Phi) is 8.98. The lowest BCUT2D eigenvalue weighted by Gasteiger charge is -2.09. The van der Waals surface area contributed by atoms with Crippen LogP contribution >= 0.6 is 0 Å². The minimum Gasteiger partial charge on any atom is -0.352 e. The van der Waals surface area contributed by atoms with E-state index in [2.05, 4.69) is 67.7 Å². The average Bonchev–Trinajstić information content (AvgIpc) is 2.62. The molecule has 0 fully saturated rings. The number of carbonyl (C=O) groups excluding carboxylic acids is 1. The van der Waals surface area contributed by atoms with Crippen molar-refractivity contribution in [2.24, 2.45) is 11.8 Å². The summed E-state index contributed by atoms with van der Waals surface area (Å²) in [5, 5.41) is 2.94. The van der Waals surface area contributed by atoms with Crippen LogP contribution in [0, 0.1) is 11.8 Å². The molecule has 1 N–H and O–H groups in total. The second-order valence-corrected chi connectivity index (χ2v) is 6.86. The highest BCUT2D eigenvalue weighted by Gasteiger charge is 2.06. The Morgan fingerprint density at radius 3 is 1.64 bits per heavy atom. The maximum absolute atomic E-state index is 11.6. The van der Waals surface area contributed by atoms with Crippen LogP contribution in [-0.4, -0.2) is 5.91 Å². The fourth-order valence-corrected chi connectivity index (χ4v) is 2.51. The second-order valence-electron chi connectivity index (χ2n) is 6.86. The van der Waals surface area contributed by atoms with Gasteiger partial charge in [-0.05, 0) is 34.6 Å². The normalized spacial score (nSPS) is 10.4. The standard InChI is InChI=1S/C21H27NO.C2H6/c1-15(2)13-17-5-9-19(10-6-17)20-11-7-18(8-12-20)14-22-21(23)16(3)4;1-2/h5-12,15-16H,13-14H2,1-4H3,(H,22,23);1-2H3. The third-order valence-electron chi connectivity index (χ3n) is 3.88. The van der Waals surface area contributed by atoms with Gasteiger partial charge in [0.15, 0.2) is 0 Å². The zero-order valence-electron chi connectivity index (χ0n) is 16.6. The van der Waals surface area contributed by atoms with Gasteiger partial charge in [-0.2, -0.15) is 0 Å². The van der Waals surface area contributed by atoms with Crippen LogP contribution < -0.4 is 5.32 Å². The van der Waals surface area contributed by atoms with Gasteiger partial charge in [0.2, 0.25) is 5.91 Å². The Morgan fingerprint density at radius 2 is 1.24 bits per heavy atom. The first-order chi connectivity index (χ1) is 12.0. The van der Waals surface area contributed by atoms with E-state index in [9.17, 15) is 4.79 Å². The van der Waals surface area contributed by atoms with E-state index in [1.807, 2.05) is 27.7 Å². The minimum atomic E-state index is 0.0265. The van der Waals surface area contributed by atoms with Gasteiger partial charge in [0.05, 0.1) is 0 Å². The Balaban J connectivity index is 0.00000151. The van der Waals surface area contributed by atoms with E-state index >= 15 is 0 Å². The molecule has 2 heteroatoms. The topological polar surface area (TPSA) is 29.1 Å². The van der Waals surface area contributed by atoms with E-state index in [4.69, 9.17) is 0 Å². The first-order valence-electron chi connectivity index (χ1n) is 9.41. The highest BCUT2D eigenvalue weighted by Crippen LogP contribution is 2.21. The molecule has 136 valence electrons. The van der Waals surface area contributed by atoms with Crippen LogP contribution in [0.25, 0.3) is 11.1 Å². The summed E-state index contributed by atoms with van der Waals surface area (Å²) in [5.74, 6) is 0.801. The van der Waals surface area contributed by atoms with Gasteiger partial charge >= 0.3 is 0 Å². The Hall–Kier alpha value is -2.09. The summed E-state index contributed by atoms with van der Waals surface area (Å²) in [7, 11) is 0. The molecule has 0 aromatic heterocycles. The molecule has 2 nitrogen and oxygen atoms in total. The van der Waals surface area contributed by atoms with E-state index in [1.54, 1.807) is 0 Å². The van der Waals surface area contributed by atoms with Crippen molar-refractivity contribution in [2.75, 3.05) is 0 Å². The lowest BCUT2D eigenvalue weighted by Crippen LogP contribution is -2.27. The quantitative estimate of drug-likeness (QED) is 0.702. The van der Waals surface area contributed by atoms with Crippen molar-refractivity contribution < 1.29 is 4.79 Å². The molecule has 0 atom stereocenters. The van der Waals surface area contributed by atoms with Crippen molar-refractivity contribution in [3.8, 4) is 11.1 Å². The lowest BCUT2D eigenvalue weighted by molar-refractivity contribution is -0.124. The van der Waals surface area contributed by atoms with Gasteiger partial charge in [0.25, 0.3) is 0 Å². The summed E-state index contributed by atoms with van der Waals surface area (Å²) < 4.78 is 0. The summed E-state index contributed by atoms with van der Waals surface area (Å²) >= 11 is 0. The van der Waals surface area contributed by atoms with E-state index in [0.717, 1.165) is 12.0 Å². The van der Waals surface area contributed by atoms with Crippen molar-refractivity contribution in [3.05, 3.63) is 59.7 Å². The van der Waals surface area contributed by atoms with Crippen LogP contribution in [0.1, 0.15) is 52.7 Å². The van der Waals surface area contributed by atoms with Gasteiger partial charge in [-0.15, -0.1) is 0 Å². The van der Waals surface area contributed by atoms with Crippen LogP contribution in [-0.2, 0) is 17.8 Å². The van der Waals surface area contributed by atoms with Crippen molar-refractivity contribution in [1.29, 1.82) is 0 Å². The SMILES string of the molecule is CC.CC(C)Cc1ccc(-c2ccc(CNC(=O)C(C)C)cc2)cc1. The minimum absolute atomic E-state index is 0.0265. The summed E-state index contributed by atoms with van der Waals surface area (Å²) in [6, 6.07) is 17.2. The predicted molar refractivity (Wildman–Crippen MR) is 108 cm³/mol. The highest BCUT2D eigenvalue weighted by atomic mass is 16.1. The molecule has 0 bridgehead atoms. The Bertz CT molecular complexity index is 624. The molecule has 1 amide bonds. The fraction of sp³-hybridized carbons (Fsp3) is 0.435. The van der Waals surface area contributed by atoms with Crippen LogP contribution in [0.2, 0.25) is 0 Å². The Labute approximate surface area is 153 Å². The molecule has 0 saturated carbocycles. The van der Waals surface area contributed by atoms with Gasteiger partial charge in [-0.25, -0.2) is 0 Å². The molecule has 0 aliphatic rings. The third-order valence-corrected chi connectivity index (χ3v) is 3.88. The summed E-state index contributed by atoms with van der Waals surface area (Å²) in [5.41, 5.74) is 4.95. The number of benzene rings is 2. The zero-order chi connectivity index (χ0) is 18.8. The summed E-state index contributed by atoms with van der Waals surface area (Å²) in [6.45, 7) is 12.9. The molecule has 0 unspecified atom stereocenters. The number of carbonyl (C=O) groups is 1. The van der Waals surface area contributed by atoms with Gasteiger partial charge in [0.1, 0.15) is 0 Å². The van der Waals surface area contributed by atoms with Crippen molar-refractivity contribution in [3.63, 3.8) is 0 Å². The van der Waals surface area contributed by atoms with Gasteiger partial charge in [-0.3, -0.25) is 4.79 Å². The number of nitrogens with one attached hydrogen (secondary N) is 1. The molecule has 0 radical (unpaired) electrons. The summed E-state index contributed by atoms with van der Waals surface area (Å²) in [4.78, 5) is 11.6. The lowest BCUT2D eigenvalue weighted by atomic mass is 9.98. The first kappa shape index (κ1) is 21.0. The molecule has 25 heavy (non-hydrogen) atoms. The molecule has 2 aromatic rings. The molecule has 0 aliphatic carbocycles. The van der Waals surface area contributed by atoms with Crippen LogP contribution in [0.4, 0.5) is 0 Å². The second kappa shape index (κ2) is 10.7. The van der Waals surface area contributed by atoms with Gasteiger partial charge in [0, 0.05) is 12.5 Å². The van der Waals surface area contributed by atoms with Crippen LogP contribution in [0.15, 0.2) is 48.5 Å². The van der Waals surface area contributed by atoms with Gasteiger partial charge in [-0.1, -0.05) is 90.1 Å². The number of hydrogen-bond acceptors (Lipinski definition) is 1. The van der Waals surface area contributed by atoms with E-state index in [-0.39, 0.29) is 11.8 Å². The maximum Gasteiger partial charge on any atom is 0.222 e. The zero-order valence-corrected chi connectivity index (χ0v) is 16.6. The number of hydrogen-bond donors (Lipinski definition) is 1. The summed E-state index contributed by atoms with van der Waals surface area (Å²) in [6.07, 6.45) is 1.12. The Morgan fingerprint density at radius 1 is 0.800 bits per heavy atom. The third kappa shape index (κ3) is 7.13. The molecular weight excluding hydrogens is 306 g/mol. The molecular formula is C23H33NO. The average molecular weight is 340 g/mol. The van der Waals surface area contributed by atoms with Crippen molar-refractivity contribution >= 4 is 5.91 Å². The van der Waals surface area contributed by atoms with E-state index in [0.29, 0.717) is 12.5 Å². The van der Waals surface area contributed by atoms with Crippen LogP contribution in [0.5, 0.6) is 0 Å². The predicted octanol–water partition coefficient (Wildman–Crippen LogP) is 5.85. The monoisotopic (exact) mass is 339 g/mol. The van der Waals surface area contributed by atoms with Crippen molar-refractivity contribution in [1.82, 2.24) is 5.32 Å². The largest absolute Gasteiger partial charge is 0.352 e. The van der Waals surface area contributed by atoms with Gasteiger partial charge < -0.3 is 5.32 Å². The smallest absolute Gasteiger partial charge is 0.222 e. The molecule has 2 aromatic carbocycles. The first-order valence-corrected chi connectivity index (χ1v) is 9.41. The number of rotatable bonds is 6. The highest BCUT2D eigenvalue weighted by molar-refractivity contribution is 5.77. The molecule has 0 aliphatic heterocycles. The molecule has 0 saturated heterocycles. The number of amides is 1. The van der Waals surface area contributed by atoms with E-state index < -0.39 is 0 Å². The molecule has 0 spiro atoms. The molecule has 0 heterocycles. The molecule has 2 rings (SSSR count). The van der Waals surface area contributed by atoms with Crippen molar-refractivity contribution in [2.45, 2.75) is 54.5 Å². The van der Waals surface area contributed by atoms with E-state index in [1.165, 1.54) is 16.7 Å².